The van der Waals surface area contributed by atoms with Gasteiger partial charge in [0.1, 0.15) is 11.2 Å². The average molecular weight is 440 g/mol. The Labute approximate surface area is 224 Å². The number of aliphatic carboxylic acids is 2. The Kier molecular flexibility index (Phi) is 7.96. The Balaban J connectivity index is 0.000000281. The van der Waals surface area contributed by atoms with Crippen molar-refractivity contribution < 1.29 is 89.1 Å². The van der Waals surface area contributed by atoms with Gasteiger partial charge in [-0.1, -0.05) is 41.5 Å². The van der Waals surface area contributed by atoms with Crippen molar-refractivity contribution in [3.8, 4) is 0 Å². The Hall–Kier alpha value is 0.860. The molecule has 30 heavy (non-hydrogen) atoms. The maximum absolute atomic E-state index is 11.0. The van der Waals surface area contributed by atoms with Crippen molar-refractivity contribution >= 4 is 11.9 Å². The maximum Gasteiger partial charge on any atom is 1.00 e. The molecule has 6 nitrogen and oxygen atoms in total. The molecule has 6 atom stereocenters. The Morgan fingerprint density at radius 3 is 1.07 bits per heavy atom. The number of carbonyl (C=O) groups is 2. The third-order valence-electron chi connectivity index (χ3n) is 10.5. The van der Waals surface area contributed by atoms with Crippen LogP contribution in [-0.2, 0) is 9.59 Å². The normalized spacial score (nSPS) is 46.3. The van der Waals surface area contributed by atoms with E-state index >= 15 is 0 Å². The smallest absolute Gasteiger partial charge is 0.547 e. The number of rotatable bonds is 2. The van der Waals surface area contributed by atoms with E-state index in [0.717, 1.165) is 25.7 Å². The second-order valence-corrected chi connectivity index (χ2v) is 11.3. The number of fused-ring (bicyclic) bond motifs is 4. The molecule has 4 rings (SSSR count). The fourth-order valence-corrected chi connectivity index (χ4v) is 7.17. The van der Waals surface area contributed by atoms with E-state index in [2.05, 4.69) is 27.7 Å². The molecule has 2 N–H and O–H groups in total. The van der Waals surface area contributed by atoms with Crippen LogP contribution >= 0.6 is 0 Å². The number of carbonyl (C=O) groups excluding carboxylic acids is 2. The van der Waals surface area contributed by atoms with Gasteiger partial charge in [-0.3, -0.25) is 0 Å². The van der Waals surface area contributed by atoms with Crippen molar-refractivity contribution in [2.24, 2.45) is 33.5 Å². The van der Waals surface area contributed by atoms with Gasteiger partial charge < -0.3 is 30.0 Å². The summed E-state index contributed by atoms with van der Waals surface area (Å²) in [7, 11) is 0. The van der Waals surface area contributed by atoms with Gasteiger partial charge >= 0.3 is 59.1 Å². The van der Waals surface area contributed by atoms with Crippen LogP contribution in [0, 0.1) is 33.5 Å². The fourth-order valence-electron chi connectivity index (χ4n) is 7.17. The predicted molar refractivity (Wildman–Crippen MR) is 98.4 cm³/mol. The Bertz CT molecular complexity index is 664. The van der Waals surface area contributed by atoms with E-state index in [4.69, 9.17) is 0 Å². The average Bonchev–Trinajstić information content (AvgIpc) is 3.06. The van der Waals surface area contributed by atoms with E-state index in [1.54, 1.807) is 0 Å². The molecule has 0 spiro atoms. The van der Waals surface area contributed by atoms with Crippen molar-refractivity contribution in [3.05, 3.63) is 0 Å². The van der Waals surface area contributed by atoms with Gasteiger partial charge in [-0.25, -0.2) is 0 Å². The van der Waals surface area contributed by atoms with Crippen LogP contribution in [0.1, 0.15) is 80.1 Å². The molecule has 0 aromatic carbocycles. The van der Waals surface area contributed by atoms with E-state index in [-0.39, 0.29) is 69.9 Å². The van der Waals surface area contributed by atoms with E-state index < -0.39 is 34.0 Å². The molecule has 4 aliphatic rings. The SMILES string of the molecule is CC1(C)C2CCC1(C)C(O)(C(=O)[O-])C2.CC1(C)C2CCC1(C)C(O)(C(=O)[O-])C2.[Na+].[Na+]. The van der Waals surface area contributed by atoms with Gasteiger partial charge in [-0.2, -0.15) is 0 Å². The van der Waals surface area contributed by atoms with Crippen LogP contribution in [0.5, 0.6) is 0 Å². The first-order valence-corrected chi connectivity index (χ1v) is 10.4. The van der Waals surface area contributed by atoms with E-state index in [0.29, 0.717) is 24.7 Å². The summed E-state index contributed by atoms with van der Waals surface area (Å²) in [4.78, 5) is 22.1. The van der Waals surface area contributed by atoms with Crippen LogP contribution < -0.4 is 69.3 Å². The second-order valence-electron chi connectivity index (χ2n) is 11.3. The first-order chi connectivity index (χ1) is 12.5. The standard InChI is InChI=1S/2C11H18O3.2Na/c2*1-9(2)7-4-5-10(9,3)11(14,6-7)8(12)13;;/h2*7,14H,4-6H2,1-3H3,(H,12,13);;/q;;2*+1/p-2. The van der Waals surface area contributed by atoms with E-state index in [1.165, 1.54) is 0 Å². The molecule has 4 aliphatic carbocycles. The summed E-state index contributed by atoms with van der Waals surface area (Å²) in [6.07, 6.45) is 4.35. The van der Waals surface area contributed by atoms with Gasteiger partial charge in [0.15, 0.2) is 0 Å². The van der Waals surface area contributed by atoms with Crippen molar-refractivity contribution in [2.75, 3.05) is 0 Å². The predicted octanol–water partition coefficient (Wildman–Crippen LogP) is -5.36. The largest absolute Gasteiger partial charge is 1.00 e. The molecule has 0 aliphatic heterocycles. The summed E-state index contributed by atoms with van der Waals surface area (Å²) in [5, 5.41) is 42.5. The molecule has 8 heteroatoms. The first kappa shape index (κ1) is 28.9. The van der Waals surface area contributed by atoms with Crippen LogP contribution in [0.4, 0.5) is 0 Å². The molecule has 0 saturated heterocycles. The van der Waals surface area contributed by atoms with Gasteiger partial charge in [-0.15, -0.1) is 0 Å². The molecule has 6 unspecified atom stereocenters. The number of hydrogen-bond donors (Lipinski definition) is 2. The van der Waals surface area contributed by atoms with Gasteiger partial charge in [-0.05, 0) is 61.2 Å². The monoisotopic (exact) mass is 440 g/mol. The number of carboxylic acids is 2. The van der Waals surface area contributed by atoms with Crippen molar-refractivity contribution in [1.29, 1.82) is 0 Å². The third-order valence-corrected chi connectivity index (χ3v) is 10.5. The molecule has 4 saturated carbocycles. The van der Waals surface area contributed by atoms with Gasteiger partial charge in [0.2, 0.25) is 0 Å². The minimum Gasteiger partial charge on any atom is -0.547 e. The molecule has 160 valence electrons. The number of aliphatic hydroxyl groups is 2. The topological polar surface area (TPSA) is 121 Å². The molecule has 4 fully saturated rings. The molecule has 0 amide bonds. The molecular weight excluding hydrogens is 406 g/mol. The maximum atomic E-state index is 11.0. The minimum absolute atomic E-state index is 0. The van der Waals surface area contributed by atoms with E-state index in [1.807, 2.05) is 13.8 Å². The molecule has 0 heterocycles. The van der Waals surface area contributed by atoms with E-state index in [9.17, 15) is 30.0 Å². The summed E-state index contributed by atoms with van der Waals surface area (Å²) in [5.41, 5.74) is -4.46. The molecule has 0 aromatic heterocycles. The number of carboxylic acid groups (broad SMARTS) is 2. The zero-order chi connectivity index (χ0) is 21.6. The summed E-state index contributed by atoms with van der Waals surface area (Å²) in [6.45, 7) is 12.0. The molecule has 0 aromatic rings. The Morgan fingerprint density at radius 2 is 0.967 bits per heavy atom. The first-order valence-electron chi connectivity index (χ1n) is 10.4. The fraction of sp³-hybridized carbons (Fsp3) is 0.909. The van der Waals surface area contributed by atoms with Crippen LogP contribution in [0.25, 0.3) is 0 Å². The summed E-state index contributed by atoms with van der Waals surface area (Å²) >= 11 is 0. The quantitative estimate of drug-likeness (QED) is 0.414. The third kappa shape index (κ3) is 3.26. The Morgan fingerprint density at radius 1 is 0.700 bits per heavy atom. The zero-order valence-corrected chi connectivity index (χ0v) is 23.9. The number of hydrogen-bond acceptors (Lipinski definition) is 6. The summed E-state index contributed by atoms with van der Waals surface area (Å²) < 4.78 is 0. The van der Waals surface area contributed by atoms with Gasteiger partial charge in [0.05, 0.1) is 11.9 Å². The molecule has 0 radical (unpaired) electrons. The summed E-state index contributed by atoms with van der Waals surface area (Å²) in [5.74, 6) is -1.96. The van der Waals surface area contributed by atoms with Gasteiger partial charge in [0.25, 0.3) is 0 Å². The van der Waals surface area contributed by atoms with Crippen LogP contribution in [0.15, 0.2) is 0 Å². The van der Waals surface area contributed by atoms with Crippen molar-refractivity contribution in [2.45, 2.75) is 91.3 Å². The van der Waals surface area contributed by atoms with Crippen LogP contribution in [0.3, 0.4) is 0 Å². The summed E-state index contributed by atoms with van der Waals surface area (Å²) in [6, 6.07) is 0. The van der Waals surface area contributed by atoms with Crippen molar-refractivity contribution in [3.63, 3.8) is 0 Å². The molecule has 4 bridgehead atoms. The minimum atomic E-state index is -1.61. The van der Waals surface area contributed by atoms with Crippen LogP contribution in [-0.4, -0.2) is 33.4 Å². The van der Waals surface area contributed by atoms with Crippen molar-refractivity contribution in [1.82, 2.24) is 0 Å². The second kappa shape index (κ2) is 8.26. The van der Waals surface area contributed by atoms with Crippen LogP contribution in [0.2, 0.25) is 0 Å². The molecular formula is C22H34Na2O6. The zero-order valence-electron chi connectivity index (χ0n) is 19.9. The van der Waals surface area contributed by atoms with Gasteiger partial charge in [0, 0.05) is 10.8 Å².